The van der Waals surface area contributed by atoms with Crippen LogP contribution in [0.25, 0.3) is 0 Å². The number of aromatic hydroxyl groups is 1. The molecule has 4 nitrogen and oxygen atoms in total. The van der Waals surface area contributed by atoms with Gasteiger partial charge < -0.3 is 15.2 Å². The van der Waals surface area contributed by atoms with Crippen molar-refractivity contribution in [2.24, 2.45) is 0 Å². The van der Waals surface area contributed by atoms with Gasteiger partial charge in [-0.15, -0.1) is 0 Å². The van der Waals surface area contributed by atoms with Crippen LogP contribution in [0.3, 0.4) is 0 Å². The summed E-state index contributed by atoms with van der Waals surface area (Å²) in [7, 11) is 1.65. The van der Waals surface area contributed by atoms with E-state index in [1.54, 1.807) is 19.2 Å². The lowest BCUT2D eigenvalue weighted by molar-refractivity contribution is 0.199. The molecule has 0 saturated carbocycles. The number of benzene rings is 1. The minimum atomic E-state index is 0.178. The van der Waals surface area contributed by atoms with Gasteiger partial charge in [0.05, 0.1) is 7.11 Å². The van der Waals surface area contributed by atoms with Gasteiger partial charge in [-0.3, -0.25) is 4.90 Å². The van der Waals surface area contributed by atoms with Crippen molar-refractivity contribution in [1.82, 2.24) is 10.2 Å². The second-order valence-electron chi connectivity index (χ2n) is 5.48. The molecule has 0 aromatic heterocycles. The first-order valence-corrected chi connectivity index (χ1v) is 7.50. The fourth-order valence-electron chi connectivity index (χ4n) is 2.95. The molecule has 20 heavy (non-hydrogen) atoms. The van der Waals surface area contributed by atoms with Crippen LogP contribution in [-0.4, -0.2) is 42.8 Å². The molecule has 2 atom stereocenters. The van der Waals surface area contributed by atoms with Crippen molar-refractivity contribution in [1.29, 1.82) is 0 Å². The SMILES string of the molecule is CCN(CC1CCCN1)C(C)c1cc(OC)ccc1O. The second-order valence-corrected chi connectivity index (χ2v) is 5.48. The third kappa shape index (κ3) is 3.44. The number of methoxy groups -OCH3 is 1. The summed E-state index contributed by atoms with van der Waals surface area (Å²) in [6, 6.07) is 6.19. The largest absolute Gasteiger partial charge is 0.508 e. The quantitative estimate of drug-likeness (QED) is 0.839. The van der Waals surface area contributed by atoms with Crippen molar-refractivity contribution in [3.8, 4) is 11.5 Å². The summed E-state index contributed by atoms with van der Waals surface area (Å²) < 4.78 is 5.26. The van der Waals surface area contributed by atoms with Gasteiger partial charge >= 0.3 is 0 Å². The Morgan fingerprint density at radius 1 is 1.50 bits per heavy atom. The molecule has 1 aromatic carbocycles. The zero-order valence-electron chi connectivity index (χ0n) is 12.7. The zero-order valence-corrected chi connectivity index (χ0v) is 12.7. The minimum Gasteiger partial charge on any atom is -0.508 e. The van der Waals surface area contributed by atoms with Crippen LogP contribution in [0.2, 0.25) is 0 Å². The predicted molar refractivity (Wildman–Crippen MR) is 81.3 cm³/mol. The third-order valence-corrected chi connectivity index (χ3v) is 4.26. The zero-order chi connectivity index (χ0) is 14.5. The van der Waals surface area contributed by atoms with E-state index in [1.165, 1.54) is 12.8 Å². The van der Waals surface area contributed by atoms with Crippen molar-refractivity contribution in [3.63, 3.8) is 0 Å². The first kappa shape index (κ1) is 15.1. The van der Waals surface area contributed by atoms with E-state index in [0.717, 1.165) is 30.9 Å². The van der Waals surface area contributed by atoms with Gasteiger partial charge in [0.25, 0.3) is 0 Å². The van der Waals surface area contributed by atoms with Crippen LogP contribution < -0.4 is 10.1 Å². The number of hydrogen-bond donors (Lipinski definition) is 2. The lowest BCUT2D eigenvalue weighted by Gasteiger charge is -2.31. The Bertz CT molecular complexity index is 430. The third-order valence-electron chi connectivity index (χ3n) is 4.26. The molecule has 1 aliphatic rings. The smallest absolute Gasteiger partial charge is 0.120 e. The van der Waals surface area contributed by atoms with Gasteiger partial charge in [-0.05, 0) is 51.1 Å². The molecule has 0 bridgehead atoms. The lowest BCUT2D eigenvalue weighted by atomic mass is 10.0. The Kier molecular flexibility index (Phi) is 5.26. The van der Waals surface area contributed by atoms with Gasteiger partial charge in [-0.2, -0.15) is 0 Å². The van der Waals surface area contributed by atoms with Crippen LogP contribution in [0.5, 0.6) is 11.5 Å². The number of hydrogen-bond acceptors (Lipinski definition) is 4. The molecule has 1 aromatic rings. The second kappa shape index (κ2) is 6.95. The Morgan fingerprint density at radius 2 is 2.30 bits per heavy atom. The average molecular weight is 278 g/mol. The number of phenols is 1. The molecule has 112 valence electrons. The monoisotopic (exact) mass is 278 g/mol. The van der Waals surface area contributed by atoms with Gasteiger partial charge in [0, 0.05) is 24.2 Å². The van der Waals surface area contributed by atoms with Gasteiger partial charge in [0.15, 0.2) is 0 Å². The van der Waals surface area contributed by atoms with Crippen LogP contribution in [0.4, 0.5) is 0 Å². The molecule has 0 amide bonds. The van der Waals surface area contributed by atoms with E-state index in [0.29, 0.717) is 11.8 Å². The molecule has 1 heterocycles. The molecule has 1 fully saturated rings. The predicted octanol–water partition coefficient (Wildman–Crippen LogP) is 2.54. The van der Waals surface area contributed by atoms with E-state index in [4.69, 9.17) is 4.74 Å². The standard InChI is InChI=1S/C16H26N2O2/c1-4-18(11-13-6-5-9-17-13)12(2)15-10-14(20-3)7-8-16(15)19/h7-8,10,12-13,17,19H,4-6,9,11H2,1-3H3. The summed E-state index contributed by atoms with van der Waals surface area (Å²) in [6.07, 6.45) is 2.51. The van der Waals surface area contributed by atoms with Crippen molar-refractivity contribution in [3.05, 3.63) is 23.8 Å². The first-order chi connectivity index (χ1) is 9.65. The maximum Gasteiger partial charge on any atom is 0.120 e. The maximum atomic E-state index is 10.1. The van der Waals surface area contributed by atoms with Crippen LogP contribution in [0.15, 0.2) is 18.2 Å². The number of ether oxygens (including phenoxy) is 1. The fraction of sp³-hybridized carbons (Fsp3) is 0.625. The Morgan fingerprint density at radius 3 is 2.90 bits per heavy atom. The molecule has 0 aliphatic carbocycles. The number of nitrogens with zero attached hydrogens (tertiary/aromatic N) is 1. The van der Waals surface area contributed by atoms with Gasteiger partial charge in [0.1, 0.15) is 11.5 Å². The molecule has 0 spiro atoms. The molecule has 2 rings (SSSR count). The van der Waals surface area contributed by atoms with Crippen LogP contribution in [0, 0.1) is 0 Å². The first-order valence-electron chi connectivity index (χ1n) is 7.50. The van der Waals surface area contributed by atoms with E-state index < -0.39 is 0 Å². The number of likely N-dealkylation sites (N-methyl/N-ethyl adjacent to an activating group) is 1. The summed E-state index contributed by atoms with van der Waals surface area (Å²) in [5, 5.41) is 13.6. The number of rotatable bonds is 6. The highest BCUT2D eigenvalue weighted by molar-refractivity contribution is 5.41. The lowest BCUT2D eigenvalue weighted by Crippen LogP contribution is -2.38. The van der Waals surface area contributed by atoms with Crippen molar-refractivity contribution in [2.75, 3.05) is 26.7 Å². The van der Waals surface area contributed by atoms with E-state index in [-0.39, 0.29) is 6.04 Å². The Hall–Kier alpha value is -1.26. The van der Waals surface area contributed by atoms with Crippen LogP contribution >= 0.6 is 0 Å². The maximum absolute atomic E-state index is 10.1. The van der Waals surface area contributed by atoms with Crippen LogP contribution in [-0.2, 0) is 0 Å². The topological polar surface area (TPSA) is 44.7 Å². The molecular formula is C16H26N2O2. The van der Waals surface area contributed by atoms with Crippen molar-refractivity contribution >= 4 is 0 Å². The van der Waals surface area contributed by atoms with Gasteiger partial charge in [0.2, 0.25) is 0 Å². The minimum absolute atomic E-state index is 0.178. The molecule has 4 heteroatoms. The molecule has 1 saturated heterocycles. The summed E-state index contributed by atoms with van der Waals surface area (Å²) in [4.78, 5) is 2.40. The summed E-state index contributed by atoms with van der Waals surface area (Å²) in [5.74, 6) is 1.14. The highest BCUT2D eigenvalue weighted by Crippen LogP contribution is 2.32. The number of nitrogens with one attached hydrogen (secondary N) is 1. The molecule has 2 N–H and O–H groups in total. The molecule has 1 aliphatic heterocycles. The average Bonchev–Trinajstić information content (AvgIpc) is 2.97. The summed E-state index contributed by atoms with van der Waals surface area (Å²) >= 11 is 0. The highest BCUT2D eigenvalue weighted by atomic mass is 16.5. The fourth-order valence-corrected chi connectivity index (χ4v) is 2.95. The normalized spacial score (nSPS) is 20.3. The Balaban J connectivity index is 2.12. The Labute approximate surface area is 121 Å². The van der Waals surface area contributed by atoms with Gasteiger partial charge in [-0.25, -0.2) is 0 Å². The molecule has 2 unspecified atom stereocenters. The molecule has 0 radical (unpaired) electrons. The summed E-state index contributed by atoms with van der Waals surface area (Å²) in [6.45, 7) is 7.43. The van der Waals surface area contributed by atoms with Crippen molar-refractivity contribution < 1.29 is 9.84 Å². The van der Waals surface area contributed by atoms with E-state index >= 15 is 0 Å². The molecular weight excluding hydrogens is 252 g/mol. The highest BCUT2D eigenvalue weighted by Gasteiger charge is 2.23. The summed E-state index contributed by atoms with van der Waals surface area (Å²) in [5.41, 5.74) is 0.934. The number of phenolic OH excluding ortho intramolecular Hbond substituents is 1. The van der Waals surface area contributed by atoms with Crippen molar-refractivity contribution in [2.45, 2.75) is 38.8 Å². The van der Waals surface area contributed by atoms with Crippen LogP contribution in [0.1, 0.15) is 38.3 Å². The van der Waals surface area contributed by atoms with E-state index in [1.807, 2.05) is 6.07 Å². The van der Waals surface area contributed by atoms with Gasteiger partial charge in [-0.1, -0.05) is 6.92 Å². The van der Waals surface area contributed by atoms with E-state index in [2.05, 4.69) is 24.1 Å². The van der Waals surface area contributed by atoms with E-state index in [9.17, 15) is 5.11 Å².